The van der Waals surface area contributed by atoms with Gasteiger partial charge < -0.3 is 10.1 Å². The summed E-state index contributed by atoms with van der Waals surface area (Å²) in [4.78, 5) is 8.00. The van der Waals surface area contributed by atoms with E-state index in [-0.39, 0.29) is 41.7 Å². The van der Waals surface area contributed by atoms with Crippen LogP contribution in [0.25, 0.3) is 0 Å². The summed E-state index contributed by atoms with van der Waals surface area (Å²) < 4.78 is 0. The van der Waals surface area contributed by atoms with Gasteiger partial charge in [0.2, 0.25) is 0 Å². The van der Waals surface area contributed by atoms with Crippen LogP contribution in [0.2, 0.25) is 0 Å². The SMILES string of the molecule is O=N[O-].[Ce]. The molecule has 0 amide bonds. The molecule has 0 rings (SSSR count). The van der Waals surface area contributed by atoms with Crippen molar-refractivity contribution in [2.24, 2.45) is 5.34 Å². The zero-order valence-corrected chi connectivity index (χ0v) is 4.90. The van der Waals surface area contributed by atoms with Gasteiger partial charge in [0.05, 0.1) is 0 Å². The first-order chi connectivity index (χ1) is 1.41. The molecule has 4 heavy (non-hydrogen) atoms. The summed E-state index contributed by atoms with van der Waals surface area (Å²) in [5, 5.41) is 9.00. The molecule has 0 aromatic heterocycles. The van der Waals surface area contributed by atoms with Crippen LogP contribution >= 0.6 is 0 Å². The zero-order chi connectivity index (χ0) is 2.71. The molecule has 0 aliphatic carbocycles. The molecule has 0 spiro atoms. The van der Waals surface area contributed by atoms with Crippen molar-refractivity contribution < 1.29 is 41.7 Å². The Hall–Kier alpha value is 0.777. The van der Waals surface area contributed by atoms with Gasteiger partial charge >= 0.3 is 0 Å². The maximum Gasteiger partial charge on any atom is 0 e. The first-order valence-corrected chi connectivity index (χ1v) is 0.365. The summed E-state index contributed by atoms with van der Waals surface area (Å²) in [6.45, 7) is 0. The molecule has 0 N–H and O–H groups in total. The van der Waals surface area contributed by atoms with Gasteiger partial charge in [0.15, 0.2) is 0 Å². The maximum absolute atomic E-state index is 8.00. The maximum atomic E-state index is 8.00. The van der Waals surface area contributed by atoms with E-state index in [0.717, 1.165) is 5.34 Å². The fraction of sp³-hybridized carbons (Fsp3) is 0. The van der Waals surface area contributed by atoms with Crippen LogP contribution in [0.3, 0.4) is 0 Å². The van der Waals surface area contributed by atoms with Crippen LogP contribution in [0.15, 0.2) is 5.34 Å². The van der Waals surface area contributed by atoms with E-state index in [1.54, 1.807) is 0 Å². The topological polar surface area (TPSA) is 52.5 Å². The van der Waals surface area contributed by atoms with Gasteiger partial charge in [-0.15, -0.1) is 5.34 Å². The molecule has 0 radical (unpaired) electrons. The molecule has 22 valence electrons. The van der Waals surface area contributed by atoms with Crippen molar-refractivity contribution in [3.05, 3.63) is 10.1 Å². The number of nitrogens with zero attached hydrogens (tertiary/aromatic N) is 1. The molecule has 0 aromatic rings. The molecule has 3 nitrogen and oxygen atoms in total. The fourth-order valence-corrected chi connectivity index (χ4v) is 0. The molecule has 0 aliphatic heterocycles. The first-order valence-electron chi connectivity index (χ1n) is 0.365. The standard InChI is InChI=1S/Ce.HNO2/c;2-1-3/h;(H,2,3)/p-1. The van der Waals surface area contributed by atoms with Gasteiger partial charge in [0, 0.05) is 41.7 Å². The largest absolute Gasteiger partial charge is 0.444 e. The Bertz CT molecular complexity index is 13.5. The third-order valence-corrected chi connectivity index (χ3v) is 0. The predicted molar refractivity (Wildman–Crippen MR) is 9.16 cm³/mol. The van der Waals surface area contributed by atoms with Crippen LogP contribution in [0.5, 0.6) is 0 Å². The van der Waals surface area contributed by atoms with E-state index >= 15 is 0 Å². The molecule has 0 unspecified atom stereocenters. The quantitative estimate of drug-likeness (QED) is 0.402. The van der Waals surface area contributed by atoms with E-state index in [2.05, 4.69) is 0 Å². The van der Waals surface area contributed by atoms with E-state index in [0.29, 0.717) is 0 Å². The second-order valence-electron chi connectivity index (χ2n) is 0.0745. The van der Waals surface area contributed by atoms with Gasteiger partial charge in [0.1, 0.15) is 0 Å². The van der Waals surface area contributed by atoms with Gasteiger partial charge in [-0.05, 0) is 0 Å². The van der Waals surface area contributed by atoms with Crippen molar-refractivity contribution in [3.63, 3.8) is 0 Å². The first kappa shape index (κ1) is 8.84. The molecule has 0 aromatic carbocycles. The van der Waals surface area contributed by atoms with Crippen molar-refractivity contribution in [2.45, 2.75) is 0 Å². The van der Waals surface area contributed by atoms with Crippen molar-refractivity contribution in [3.8, 4) is 0 Å². The number of hydrogen-bond donors (Lipinski definition) is 0. The van der Waals surface area contributed by atoms with Crippen molar-refractivity contribution in [1.82, 2.24) is 0 Å². The van der Waals surface area contributed by atoms with E-state index in [1.807, 2.05) is 0 Å². The van der Waals surface area contributed by atoms with Gasteiger partial charge in [0.25, 0.3) is 0 Å². The summed E-state index contributed by atoms with van der Waals surface area (Å²) in [5.74, 6) is 0. The summed E-state index contributed by atoms with van der Waals surface area (Å²) in [5.41, 5.74) is 0. The summed E-state index contributed by atoms with van der Waals surface area (Å²) in [6, 6.07) is 0. The Balaban J connectivity index is 0. The van der Waals surface area contributed by atoms with Crippen LogP contribution < -0.4 is 0 Å². The van der Waals surface area contributed by atoms with Crippen molar-refractivity contribution >= 4 is 0 Å². The van der Waals surface area contributed by atoms with E-state index in [1.165, 1.54) is 0 Å². The molecule has 0 heterocycles. The second kappa shape index (κ2) is 9.22. The molecule has 4 heteroatoms. The average Bonchev–Trinajstić information content (AvgIpc) is 0.918. The average molecular weight is 186 g/mol. The smallest absolute Gasteiger partial charge is 0 e. The third kappa shape index (κ3) is 14.5. The van der Waals surface area contributed by atoms with Crippen molar-refractivity contribution in [2.75, 3.05) is 0 Å². The Labute approximate surface area is 56.7 Å². The zero-order valence-electron chi connectivity index (χ0n) is 1.76. The minimum absolute atomic E-state index is 0. The Morgan fingerprint density at radius 3 is 1.75 bits per heavy atom. The van der Waals surface area contributed by atoms with Gasteiger partial charge in [-0.25, -0.2) is 0 Å². The monoisotopic (exact) mass is 186 g/mol. The van der Waals surface area contributed by atoms with Gasteiger partial charge in [-0.2, -0.15) is 0 Å². The van der Waals surface area contributed by atoms with E-state index in [4.69, 9.17) is 10.1 Å². The van der Waals surface area contributed by atoms with Crippen LogP contribution in [-0.4, -0.2) is 0 Å². The molecule has 0 saturated heterocycles. The van der Waals surface area contributed by atoms with E-state index in [9.17, 15) is 0 Å². The van der Waals surface area contributed by atoms with Crippen LogP contribution in [0.4, 0.5) is 0 Å². The van der Waals surface area contributed by atoms with Crippen molar-refractivity contribution in [1.29, 1.82) is 0 Å². The number of hydrogen-bond acceptors (Lipinski definition) is 3. The molecule has 0 aliphatic rings. The minimum atomic E-state index is 0. The third-order valence-electron chi connectivity index (χ3n) is 0. The van der Waals surface area contributed by atoms with Gasteiger partial charge in [-0.3, -0.25) is 0 Å². The predicted octanol–water partition coefficient (Wildman–Crippen LogP) is 0.251. The fourth-order valence-electron chi connectivity index (χ4n) is 0. The molecular weight excluding hydrogens is 186 g/mol. The van der Waals surface area contributed by atoms with E-state index < -0.39 is 0 Å². The molecule has 0 atom stereocenters. The molecule has 0 fully saturated rings. The summed E-state index contributed by atoms with van der Waals surface area (Å²) in [7, 11) is 0. The number of rotatable bonds is 0. The summed E-state index contributed by atoms with van der Waals surface area (Å²) >= 11 is 0. The normalized spacial score (nSPS) is 3.00. The Kier molecular flexibility index (Phi) is 20.4. The van der Waals surface area contributed by atoms with Gasteiger partial charge in [-0.1, -0.05) is 0 Å². The molecule has 0 bridgehead atoms. The minimum Gasteiger partial charge on any atom is -0.444 e. The molecular formula is CeNO2-. The summed E-state index contributed by atoms with van der Waals surface area (Å²) in [6.07, 6.45) is 0. The van der Waals surface area contributed by atoms with Crippen LogP contribution in [-0.2, 0) is 0 Å². The van der Waals surface area contributed by atoms with Crippen LogP contribution in [0, 0.1) is 51.9 Å². The van der Waals surface area contributed by atoms with Crippen LogP contribution in [0.1, 0.15) is 0 Å². The second-order valence-corrected chi connectivity index (χ2v) is 0.0745. The Morgan fingerprint density at radius 2 is 1.75 bits per heavy atom. The Morgan fingerprint density at radius 1 is 1.75 bits per heavy atom. The molecule has 0 saturated carbocycles.